The van der Waals surface area contributed by atoms with Gasteiger partial charge in [0.2, 0.25) is 5.95 Å². The maximum Gasteiger partial charge on any atom is 0.343 e. The minimum absolute atomic E-state index is 0.276. The smallest absolute Gasteiger partial charge is 0.343 e. The Hall–Kier alpha value is -4.79. The van der Waals surface area contributed by atoms with Crippen LogP contribution in [0.15, 0.2) is 96.2 Å². The van der Waals surface area contributed by atoms with Gasteiger partial charge in [-0.3, -0.25) is 4.79 Å². The monoisotopic (exact) mass is 452 g/mol. The molecule has 0 aliphatic carbocycles. The second-order valence-corrected chi connectivity index (χ2v) is 7.66. The summed E-state index contributed by atoms with van der Waals surface area (Å²) < 4.78 is 7.04. The lowest BCUT2D eigenvalue weighted by atomic mass is 9.95. The molecule has 1 amide bonds. The van der Waals surface area contributed by atoms with E-state index in [4.69, 9.17) is 4.74 Å². The molecule has 4 aromatic rings. The highest BCUT2D eigenvalue weighted by Gasteiger charge is 2.34. The van der Waals surface area contributed by atoms with Gasteiger partial charge in [0.15, 0.2) is 0 Å². The van der Waals surface area contributed by atoms with E-state index in [1.807, 2.05) is 36.4 Å². The van der Waals surface area contributed by atoms with Crippen LogP contribution >= 0.6 is 0 Å². The summed E-state index contributed by atoms with van der Waals surface area (Å²) >= 11 is 0. The van der Waals surface area contributed by atoms with Crippen molar-refractivity contribution >= 4 is 23.5 Å². The Morgan fingerprint density at radius 1 is 0.941 bits per heavy atom. The predicted molar refractivity (Wildman–Crippen MR) is 125 cm³/mol. The topological polar surface area (TPSA) is 111 Å². The van der Waals surface area contributed by atoms with Gasteiger partial charge in [0.25, 0.3) is 5.91 Å². The molecule has 3 aromatic carbocycles. The van der Waals surface area contributed by atoms with E-state index in [1.165, 1.54) is 0 Å². The maximum atomic E-state index is 13.3. The van der Waals surface area contributed by atoms with E-state index in [0.717, 1.165) is 5.56 Å². The number of anilines is 2. The normalized spacial score (nSPS) is 14.7. The average Bonchev–Trinajstić information content (AvgIpc) is 3.33. The highest BCUT2D eigenvalue weighted by molar-refractivity contribution is 6.06. The van der Waals surface area contributed by atoms with Gasteiger partial charge < -0.3 is 15.4 Å². The Morgan fingerprint density at radius 2 is 1.62 bits per heavy atom. The summed E-state index contributed by atoms with van der Waals surface area (Å²) in [5.74, 6) is 0.0939. The third-order valence-corrected chi connectivity index (χ3v) is 5.41. The van der Waals surface area contributed by atoms with E-state index >= 15 is 0 Å². The van der Waals surface area contributed by atoms with Crippen LogP contribution in [0.2, 0.25) is 0 Å². The molecule has 0 saturated heterocycles. The first kappa shape index (κ1) is 21.1. The number of amides is 1. The van der Waals surface area contributed by atoms with Crippen molar-refractivity contribution in [3.05, 3.63) is 107 Å². The number of ether oxygens (including phenoxy) is 1. The van der Waals surface area contributed by atoms with Crippen molar-refractivity contribution in [1.29, 1.82) is 0 Å². The highest BCUT2D eigenvalue weighted by Crippen LogP contribution is 2.35. The van der Waals surface area contributed by atoms with E-state index in [-0.39, 0.29) is 5.91 Å². The number of nitrogens with one attached hydrogen (secondary N) is 2. The quantitative estimate of drug-likeness (QED) is 0.350. The van der Waals surface area contributed by atoms with Crippen LogP contribution in [-0.2, 0) is 4.79 Å². The number of nitrogens with zero attached hydrogens (tertiary/aromatic N) is 4. The molecule has 1 aliphatic heterocycles. The minimum atomic E-state index is -0.575. The maximum absolute atomic E-state index is 13.3. The molecule has 1 unspecified atom stereocenters. The molecule has 2 N–H and O–H groups in total. The van der Waals surface area contributed by atoms with Gasteiger partial charge >= 0.3 is 5.97 Å². The zero-order valence-corrected chi connectivity index (χ0v) is 18.2. The van der Waals surface area contributed by atoms with E-state index in [1.54, 1.807) is 60.1 Å². The standard InChI is InChI=1S/C25H20N6O3/c1-16-21(23(32)27-19-10-6-3-7-11-19)22(31-25(26-16)28-29-30-31)17-12-14-20(15-13-17)34-24(33)18-8-4-2-5-9-18/h2-15,22H,1H3,(H,27,32)(H,26,28,30). The van der Waals surface area contributed by atoms with Crippen LogP contribution in [0, 0.1) is 0 Å². The Labute approximate surface area is 195 Å². The van der Waals surface area contributed by atoms with Crippen molar-refractivity contribution in [2.45, 2.75) is 13.0 Å². The number of carbonyl (C=O) groups is 2. The van der Waals surface area contributed by atoms with Gasteiger partial charge in [-0.15, -0.1) is 0 Å². The Balaban J connectivity index is 1.44. The van der Waals surface area contributed by atoms with Gasteiger partial charge in [0.05, 0.1) is 11.1 Å². The Morgan fingerprint density at radius 3 is 2.32 bits per heavy atom. The summed E-state index contributed by atoms with van der Waals surface area (Å²) in [5.41, 5.74) is 3.00. The number of allylic oxidation sites excluding steroid dienone is 1. The molecule has 1 aliphatic rings. The van der Waals surface area contributed by atoms with Crippen molar-refractivity contribution in [3.8, 4) is 5.75 Å². The number of aromatic nitrogens is 4. The number of rotatable bonds is 5. The molecule has 0 spiro atoms. The molecule has 1 aromatic heterocycles. The fourth-order valence-corrected chi connectivity index (χ4v) is 3.79. The largest absolute Gasteiger partial charge is 0.423 e. The lowest BCUT2D eigenvalue weighted by molar-refractivity contribution is -0.113. The number of esters is 1. The van der Waals surface area contributed by atoms with Gasteiger partial charge in [-0.05, 0) is 59.3 Å². The highest BCUT2D eigenvalue weighted by atomic mass is 16.5. The SMILES string of the molecule is CC1=C(C(=O)Nc2ccccc2)C(c2ccc(OC(=O)c3ccccc3)cc2)n2nnnc2N1. The summed E-state index contributed by atoms with van der Waals surface area (Å²) in [6.07, 6.45) is 0. The number of benzene rings is 3. The van der Waals surface area contributed by atoms with Crippen molar-refractivity contribution in [2.24, 2.45) is 0 Å². The second kappa shape index (κ2) is 8.99. The van der Waals surface area contributed by atoms with Crippen molar-refractivity contribution in [2.75, 3.05) is 10.6 Å². The van der Waals surface area contributed by atoms with Crippen LogP contribution in [-0.4, -0.2) is 32.1 Å². The first-order chi connectivity index (χ1) is 16.6. The van der Waals surface area contributed by atoms with Gasteiger partial charge in [0, 0.05) is 11.4 Å². The van der Waals surface area contributed by atoms with Crippen LogP contribution in [0.5, 0.6) is 5.75 Å². The number of hydrogen-bond acceptors (Lipinski definition) is 7. The molecular weight excluding hydrogens is 432 g/mol. The van der Waals surface area contributed by atoms with E-state index in [9.17, 15) is 9.59 Å². The van der Waals surface area contributed by atoms with Gasteiger partial charge in [-0.1, -0.05) is 53.6 Å². The van der Waals surface area contributed by atoms with E-state index in [2.05, 4.69) is 26.2 Å². The lowest BCUT2D eigenvalue weighted by Gasteiger charge is -2.28. The van der Waals surface area contributed by atoms with Crippen LogP contribution in [0.4, 0.5) is 11.6 Å². The molecule has 9 nitrogen and oxygen atoms in total. The molecule has 0 radical (unpaired) electrons. The molecule has 1 atom stereocenters. The predicted octanol–water partition coefficient (Wildman–Crippen LogP) is 3.82. The fourth-order valence-electron chi connectivity index (χ4n) is 3.79. The molecule has 34 heavy (non-hydrogen) atoms. The fraction of sp³-hybridized carbons (Fsp3) is 0.0800. The molecule has 9 heteroatoms. The number of para-hydroxylation sites is 1. The number of fused-ring (bicyclic) bond motifs is 1. The zero-order valence-electron chi connectivity index (χ0n) is 18.2. The van der Waals surface area contributed by atoms with Crippen molar-refractivity contribution in [3.63, 3.8) is 0 Å². The van der Waals surface area contributed by atoms with Crippen LogP contribution in [0.25, 0.3) is 0 Å². The number of hydrogen-bond donors (Lipinski definition) is 2. The molecule has 0 saturated carbocycles. The summed E-state index contributed by atoms with van der Waals surface area (Å²) in [7, 11) is 0. The average molecular weight is 452 g/mol. The van der Waals surface area contributed by atoms with Crippen LogP contribution in [0.3, 0.4) is 0 Å². The third kappa shape index (κ3) is 4.14. The second-order valence-electron chi connectivity index (χ2n) is 7.66. The Kier molecular flexibility index (Phi) is 5.57. The first-order valence-electron chi connectivity index (χ1n) is 10.6. The first-order valence-corrected chi connectivity index (χ1v) is 10.6. The molecular formula is C25H20N6O3. The van der Waals surface area contributed by atoms with Crippen LogP contribution < -0.4 is 15.4 Å². The van der Waals surface area contributed by atoms with E-state index in [0.29, 0.717) is 34.2 Å². The van der Waals surface area contributed by atoms with Crippen molar-refractivity contribution < 1.29 is 14.3 Å². The summed E-state index contributed by atoms with van der Waals surface area (Å²) in [5, 5.41) is 17.9. The summed E-state index contributed by atoms with van der Waals surface area (Å²) in [6.45, 7) is 1.81. The molecule has 168 valence electrons. The number of carbonyl (C=O) groups excluding carboxylic acids is 2. The lowest BCUT2D eigenvalue weighted by Crippen LogP contribution is -2.31. The van der Waals surface area contributed by atoms with E-state index < -0.39 is 12.0 Å². The minimum Gasteiger partial charge on any atom is -0.423 e. The summed E-state index contributed by atoms with van der Waals surface area (Å²) in [4.78, 5) is 25.7. The Bertz CT molecular complexity index is 1360. The zero-order chi connectivity index (χ0) is 23.5. The molecule has 0 bridgehead atoms. The van der Waals surface area contributed by atoms with Gasteiger partial charge in [-0.2, -0.15) is 4.68 Å². The molecule has 0 fully saturated rings. The summed E-state index contributed by atoms with van der Waals surface area (Å²) in [6, 6.07) is 24.4. The van der Waals surface area contributed by atoms with Gasteiger partial charge in [0.1, 0.15) is 11.8 Å². The number of tetrazole rings is 1. The van der Waals surface area contributed by atoms with Crippen LogP contribution in [0.1, 0.15) is 28.9 Å². The molecule has 5 rings (SSSR count). The molecule has 2 heterocycles. The third-order valence-electron chi connectivity index (χ3n) is 5.41. The van der Waals surface area contributed by atoms with Crippen molar-refractivity contribution in [1.82, 2.24) is 20.2 Å². The van der Waals surface area contributed by atoms with Gasteiger partial charge in [-0.25, -0.2) is 4.79 Å².